The Morgan fingerprint density at radius 2 is 1.61 bits per heavy atom. The summed E-state index contributed by atoms with van der Waals surface area (Å²) in [6.45, 7) is 3.17. The van der Waals surface area contributed by atoms with Crippen LogP contribution in [0.5, 0.6) is 0 Å². The molecule has 0 spiro atoms. The standard InChI is InChI=1S/C21H24ClFN4O3S/c22-17-1-6-20(24-15-17)25-11-13-26(14-12-25)21(28)16-7-9-27(10-8-16)31(29,30)19-4-2-18(23)3-5-19/h1-6,15-16H,7-14H2. The number of aromatic nitrogens is 1. The van der Waals surface area contributed by atoms with Gasteiger partial charge in [0.05, 0.1) is 9.92 Å². The predicted molar refractivity (Wildman–Crippen MR) is 116 cm³/mol. The molecule has 10 heteroatoms. The van der Waals surface area contributed by atoms with Crippen molar-refractivity contribution in [2.24, 2.45) is 5.92 Å². The van der Waals surface area contributed by atoms with Crippen molar-refractivity contribution >= 4 is 33.3 Å². The lowest BCUT2D eigenvalue weighted by Gasteiger charge is -2.38. The molecule has 2 fully saturated rings. The fourth-order valence-electron chi connectivity index (χ4n) is 4.07. The van der Waals surface area contributed by atoms with Crippen molar-refractivity contribution in [2.45, 2.75) is 17.7 Å². The second-order valence-corrected chi connectivity index (χ2v) is 10.2. The lowest BCUT2D eigenvalue weighted by molar-refractivity contribution is -0.137. The molecule has 0 unspecified atom stereocenters. The van der Waals surface area contributed by atoms with Gasteiger partial charge in [0.1, 0.15) is 11.6 Å². The molecule has 2 aliphatic heterocycles. The van der Waals surface area contributed by atoms with Crippen LogP contribution in [0.3, 0.4) is 0 Å². The Kier molecular flexibility index (Phi) is 6.45. The third-order valence-corrected chi connectivity index (χ3v) is 8.02. The summed E-state index contributed by atoms with van der Waals surface area (Å²) in [5.74, 6) is 0.272. The Morgan fingerprint density at radius 1 is 0.968 bits per heavy atom. The molecule has 1 aromatic heterocycles. The SMILES string of the molecule is O=C(C1CCN(S(=O)(=O)c2ccc(F)cc2)CC1)N1CCN(c2ccc(Cl)cn2)CC1. The van der Waals surface area contributed by atoms with E-state index in [9.17, 15) is 17.6 Å². The van der Waals surface area contributed by atoms with Crippen LogP contribution in [-0.4, -0.2) is 67.8 Å². The predicted octanol–water partition coefficient (Wildman–Crippen LogP) is 2.62. The number of sulfonamides is 1. The molecule has 1 amide bonds. The molecule has 2 saturated heterocycles. The molecular weight excluding hydrogens is 443 g/mol. The maximum atomic E-state index is 13.1. The van der Waals surface area contributed by atoms with Crippen molar-refractivity contribution in [1.82, 2.24) is 14.2 Å². The van der Waals surface area contributed by atoms with Crippen LogP contribution in [0.2, 0.25) is 5.02 Å². The van der Waals surface area contributed by atoms with E-state index in [4.69, 9.17) is 11.6 Å². The zero-order valence-corrected chi connectivity index (χ0v) is 18.5. The van der Waals surface area contributed by atoms with Crippen LogP contribution in [0.15, 0.2) is 47.5 Å². The third kappa shape index (κ3) is 4.83. The minimum atomic E-state index is -3.68. The quantitative estimate of drug-likeness (QED) is 0.692. The highest BCUT2D eigenvalue weighted by atomic mass is 35.5. The molecule has 0 bridgehead atoms. The van der Waals surface area contributed by atoms with E-state index in [0.29, 0.717) is 44.0 Å². The van der Waals surface area contributed by atoms with Crippen LogP contribution in [-0.2, 0) is 14.8 Å². The van der Waals surface area contributed by atoms with Gasteiger partial charge in [0.25, 0.3) is 0 Å². The van der Waals surface area contributed by atoms with Gasteiger partial charge in [0.2, 0.25) is 15.9 Å². The number of hydrogen-bond donors (Lipinski definition) is 0. The summed E-state index contributed by atoms with van der Waals surface area (Å²) in [6.07, 6.45) is 2.58. The van der Waals surface area contributed by atoms with Crippen molar-refractivity contribution in [1.29, 1.82) is 0 Å². The summed E-state index contributed by atoms with van der Waals surface area (Å²) in [5.41, 5.74) is 0. The average molecular weight is 467 g/mol. The monoisotopic (exact) mass is 466 g/mol. The van der Waals surface area contributed by atoms with E-state index in [1.165, 1.54) is 16.4 Å². The van der Waals surface area contributed by atoms with Crippen molar-refractivity contribution in [3.63, 3.8) is 0 Å². The largest absolute Gasteiger partial charge is 0.353 e. The second-order valence-electron chi connectivity index (χ2n) is 7.78. The highest BCUT2D eigenvalue weighted by molar-refractivity contribution is 7.89. The number of anilines is 1. The van der Waals surface area contributed by atoms with Crippen molar-refractivity contribution in [3.8, 4) is 0 Å². The number of benzene rings is 1. The molecule has 3 heterocycles. The van der Waals surface area contributed by atoms with E-state index in [1.807, 2.05) is 11.0 Å². The van der Waals surface area contributed by atoms with Crippen molar-refractivity contribution < 1.29 is 17.6 Å². The Balaban J connectivity index is 1.30. The Morgan fingerprint density at radius 3 is 2.19 bits per heavy atom. The molecule has 166 valence electrons. The number of hydrogen-bond acceptors (Lipinski definition) is 5. The molecule has 31 heavy (non-hydrogen) atoms. The zero-order chi connectivity index (χ0) is 22.0. The fourth-order valence-corrected chi connectivity index (χ4v) is 5.65. The van der Waals surface area contributed by atoms with Gasteiger partial charge in [-0.2, -0.15) is 4.31 Å². The van der Waals surface area contributed by atoms with Gasteiger partial charge in [0.15, 0.2) is 0 Å². The summed E-state index contributed by atoms with van der Waals surface area (Å²) >= 11 is 5.89. The number of rotatable bonds is 4. The van der Waals surface area contributed by atoms with Gasteiger partial charge in [-0.15, -0.1) is 0 Å². The third-order valence-electron chi connectivity index (χ3n) is 5.88. The smallest absolute Gasteiger partial charge is 0.243 e. The normalized spacial score (nSPS) is 18.9. The van der Waals surface area contributed by atoms with Crippen LogP contribution in [0.4, 0.5) is 10.2 Å². The molecule has 0 radical (unpaired) electrons. The first kappa shape index (κ1) is 22.0. The van der Waals surface area contributed by atoms with Gasteiger partial charge in [-0.3, -0.25) is 4.79 Å². The van der Waals surface area contributed by atoms with E-state index in [-0.39, 0.29) is 29.8 Å². The maximum absolute atomic E-state index is 13.1. The molecule has 4 rings (SSSR count). The van der Waals surface area contributed by atoms with Crippen LogP contribution < -0.4 is 4.90 Å². The molecule has 2 aromatic rings. The van der Waals surface area contributed by atoms with Crippen molar-refractivity contribution in [3.05, 3.63) is 53.4 Å². The van der Waals surface area contributed by atoms with Crippen molar-refractivity contribution in [2.75, 3.05) is 44.2 Å². The number of piperidine rings is 1. The van der Waals surface area contributed by atoms with Gasteiger partial charge in [-0.25, -0.2) is 17.8 Å². The van der Waals surface area contributed by atoms with Gasteiger partial charge < -0.3 is 9.80 Å². The van der Waals surface area contributed by atoms with Crippen LogP contribution in [0.1, 0.15) is 12.8 Å². The Hall–Kier alpha value is -2.23. The first-order valence-corrected chi connectivity index (χ1v) is 12.1. The number of halogens is 2. The maximum Gasteiger partial charge on any atom is 0.243 e. The molecule has 2 aliphatic rings. The highest BCUT2D eigenvalue weighted by Crippen LogP contribution is 2.26. The number of piperazine rings is 1. The second kappa shape index (κ2) is 9.10. The summed E-state index contributed by atoms with van der Waals surface area (Å²) in [5, 5.41) is 0.588. The molecule has 7 nitrogen and oxygen atoms in total. The van der Waals surface area contributed by atoms with Gasteiger partial charge in [0, 0.05) is 51.4 Å². The first-order chi connectivity index (χ1) is 14.8. The Labute approximate surface area is 186 Å². The van der Waals surface area contributed by atoms with E-state index in [1.54, 1.807) is 12.3 Å². The van der Waals surface area contributed by atoms with Gasteiger partial charge >= 0.3 is 0 Å². The first-order valence-electron chi connectivity index (χ1n) is 10.3. The zero-order valence-electron chi connectivity index (χ0n) is 17.0. The summed E-state index contributed by atoms with van der Waals surface area (Å²) in [4.78, 5) is 21.4. The number of amides is 1. The number of carbonyl (C=O) groups is 1. The minimum absolute atomic E-state index is 0.0746. The lowest BCUT2D eigenvalue weighted by Crippen LogP contribution is -2.52. The molecule has 0 N–H and O–H groups in total. The Bertz CT molecular complexity index is 1020. The van der Waals surface area contributed by atoms with E-state index in [0.717, 1.165) is 18.0 Å². The molecular formula is C21H24ClFN4O3S. The molecule has 0 saturated carbocycles. The molecule has 1 aromatic carbocycles. The number of nitrogens with zero attached hydrogens (tertiary/aromatic N) is 4. The minimum Gasteiger partial charge on any atom is -0.353 e. The van der Waals surface area contributed by atoms with Gasteiger partial charge in [-0.1, -0.05) is 11.6 Å². The van der Waals surface area contributed by atoms with Crippen LogP contribution >= 0.6 is 11.6 Å². The van der Waals surface area contributed by atoms with E-state index < -0.39 is 15.8 Å². The fraction of sp³-hybridized carbons (Fsp3) is 0.429. The summed E-state index contributed by atoms with van der Waals surface area (Å²) in [6, 6.07) is 8.50. The highest BCUT2D eigenvalue weighted by Gasteiger charge is 2.34. The lowest BCUT2D eigenvalue weighted by atomic mass is 9.96. The average Bonchev–Trinajstić information content (AvgIpc) is 2.80. The number of pyridine rings is 1. The molecule has 0 atom stereocenters. The van der Waals surface area contributed by atoms with Crippen LogP contribution in [0, 0.1) is 11.7 Å². The summed E-state index contributed by atoms with van der Waals surface area (Å²) in [7, 11) is -3.68. The molecule has 0 aliphatic carbocycles. The van der Waals surface area contributed by atoms with E-state index >= 15 is 0 Å². The topological polar surface area (TPSA) is 73.8 Å². The van der Waals surface area contributed by atoms with Gasteiger partial charge in [-0.05, 0) is 49.2 Å². The van der Waals surface area contributed by atoms with E-state index in [2.05, 4.69) is 9.88 Å². The summed E-state index contributed by atoms with van der Waals surface area (Å²) < 4.78 is 40.0. The number of carbonyl (C=O) groups excluding carboxylic acids is 1. The van der Waals surface area contributed by atoms with Crippen LogP contribution in [0.25, 0.3) is 0 Å².